The molecule has 0 radical (unpaired) electrons. The van der Waals surface area contributed by atoms with Gasteiger partial charge < -0.3 is 15.2 Å². The minimum Gasteiger partial charge on any atom is -0.481 e. The molecule has 0 unspecified atom stereocenters. The lowest BCUT2D eigenvalue weighted by atomic mass is 9.82. The number of carbonyl (C=O) groups excluding carboxylic acids is 2. The van der Waals surface area contributed by atoms with Gasteiger partial charge in [0.25, 0.3) is 0 Å². The number of ether oxygens (including phenoxy) is 1. The van der Waals surface area contributed by atoms with E-state index in [1.54, 1.807) is 6.92 Å². The Bertz CT molecular complexity index is 1150. The van der Waals surface area contributed by atoms with Crippen LogP contribution in [0.4, 0.5) is 5.00 Å². The minimum atomic E-state index is -0.954. The maximum atomic E-state index is 13.3. The number of carbonyl (C=O) groups is 3. The second-order valence-electron chi connectivity index (χ2n) is 10.1. The van der Waals surface area contributed by atoms with E-state index in [0.29, 0.717) is 17.0 Å². The highest BCUT2D eigenvalue weighted by Gasteiger charge is 2.51. The Kier molecular flexibility index (Phi) is 6.42. The van der Waals surface area contributed by atoms with E-state index in [-0.39, 0.29) is 29.8 Å². The third-order valence-electron chi connectivity index (χ3n) is 6.89. The predicted octanol–water partition coefficient (Wildman–Crippen LogP) is 5.66. The van der Waals surface area contributed by atoms with Crippen molar-refractivity contribution in [3.8, 4) is 11.1 Å². The van der Waals surface area contributed by atoms with Crippen LogP contribution in [-0.2, 0) is 19.7 Å². The SMILES string of the molecule is CCOC(=O)c1c(NC(=O)[C@H]2[C@@H](C(=O)O)[C@H]3C=C[C@H]2C3)sc(C)c1-c1ccc(C(C)(C)C)cc1. The van der Waals surface area contributed by atoms with Gasteiger partial charge in [0, 0.05) is 10.4 Å². The number of esters is 1. The maximum Gasteiger partial charge on any atom is 0.341 e. The second kappa shape index (κ2) is 9.02. The van der Waals surface area contributed by atoms with Crippen LogP contribution in [-0.4, -0.2) is 29.6 Å². The van der Waals surface area contributed by atoms with E-state index in [1.807, 2.05) is 31.2 Å². The highest BCUT2D eigenvalue weighted by Crippen LogP contribution is 2.49. The van der Waals surface area contributed by atoms with Gasteiger partial charge in [-0.3, -0.25) is 9.59 Å². The molecule has 2 aromatic rings. The van der Waals surface area contributed by atoms with Gasteiger partial charge in [-0.25, -0.2) is 4.79 Å². The number of anilines is 1. The normalized spacial score (nSPS) is 23.2. The zero-order valence-corrected chi connectivity index (χ0v) is 21.0. The lowest BCUT2D eigenvalue weighted by molar-refractivity contribution is -0.146. The molecule has 1 saturated carbocycles. The Balaban J connectivity index is 1.71. The summed E-state index contributed by atoms with van der Waals surface area (Å²) in [4.78, 5) is 39.1. The molecule has 4 atom stereocenters. The van der Waals surface area contributed by atoms with E-state index >= 15 is 0 Å². The number of allylic oxidation sites excluding steroid dienone is 2. The van der Waals surface area contributed by atoms with Crippen LogP contribution in [0.5, 0.6) is 0 Å². The van der Waals surface area contributed by atoms with Crippen molar-refractivity contribution in [1.82, 2.24) is 0 Å². The summed E-state index contributed by atoms with van der Waals surface area (Å²) in [5.74, 6) is -3.42. The first kappa shape index (κ1) is 24.2. The minimum absolute atomic E-state index is 0.00111. The largest absolute Gasteiger partial charge is 0.481 e. The Morgan fingerprint density at radius 1 is 1.09 bits per heavy atom. The highest BCUT2D eigenvalue weighted by atomic mass is 32.1. The van der Waals surface area contributed by atoms with E-state index in [9.17, 15) is 19.5 Å². The van der Waals surface area contributed by atoms with Crippen molar-refractivity contribution in [3.05, 3.63) is 52.4 Å². The molecule has 2 N–H and O–H groups in total. The van der Waals surface area contributed by atoms with Crippen molar-refractivity contribution in [3.63, 3.8) is 0 Å². The van der Waals surface area contributed by atoms with Gasteiger partial charge in [0.05, 0.1) is 18.4 Å². The van der Waals surface area contributed by atoms with Crippen molar-refractivity contribution < 1.29 is 24.2 Å². The number of amides is 1. The van der Waals surface area contributed by atoms with E-state index in [0.717, 1.165) is 16.0 Å². The number of rotatable bonds is 6. The fourth-order valence-electron chi connectivity index (χ4n) is 5.23. The number of aliphatic carboxylic acids is 1. The fourth-order valence-corrected chi connectivity index (χ4v) is 6.29. The van der Waals surface area contributed by atoms with Gasteiger partial charge in [-0.1, -0.05) is 57.2 Å². The van der Waals surface area contributed by atoms with Crippen molar-refractivity contribution in [2.75, 3.05) is 11.9 Å². The monoisotopic (exact) mass is 481 g/mol. The van der Waals surface area contributed by atoms with Crippen LogP contribution < -0.4 is 5.32 Å². The Labute approximate surface area is 204 Å². The summed E-state index contributed by atoms with van der Waals surface area (Å²) in [5.41, 5.74) is 3.12. The molecular formula is C27H31NO5S. The first-order chi connectivity index (χ1) is 16.0. The van der Waals surface area contributed by atoms with Crippen LogP contribution in [0.2, 0.25) is 0 Å². The molecule has 0 spiro atoms. The van der Waals surface area contributed by atoms with Crippen molar-refractivity contribution in [2.45, 2.75) is 46.5 Å². The lowest BCUT2D eigenvalue weighted by Gasteiger charge is -2.23. The number of aryl methyl sites for hydroxylation is 1. The maximum absolute atomic E-state index is 13.3. The molecule has 2 aliphatic rings. The summed E-state index contributed by atoms with van der Waals surface area (Å²) >= 11 is 1.32. The number of thiophene rings is 1. The molecule has 6 nitrogen and oxygen atoms in total. The number of benzene rings is 1. The van der Waals surface area contributed by atoms with Crippen LogP contribution in [0.25, 0.3) is 11.1 Å². The topological polar surface area (TPSA) is 92.7 Å². The number of nitrogens with one attached hydrogen (secondary N) is 1. The van der Waals surface area contributed by atoms with Gasteiger partial charge >= 0.3 is 11.9 Å². The van der Waals surface area contributed by atoms with Gasteiger partial charge in [0.15, 0.2) is 0 Å². The molecule has 2 aliphatic carbocycles. The zero-order chi connectivity index (χ0) is 24.8. The summed E-state index contributed by atoms with van der Waals surface area (Å²) in [6, 6.07) is 8.09. The number of carboxylic acid groups (broad SMARTS) is 1. The molecule has 34 heavy (non-hydrogen) atoms. The number of fused-ring (bicyclic) bond motifs is 2. The average Bonchev–Trinajstić information content (AvgIpc) is 3.46. The third-order valence-corrected chi connectivity index (χ3v) is 7.91. The summed E-state index contributed by atoms with van der Waals surface area (Å²) in [6.45, 7) is 10.3. The standard InChI is InChI=1S/C27H31NO5S/c1-6-33-26(32)22-19(15-9-11-18(12-10-15)27(3,4)5)14(2)34-24(22)28-23(29)20-16-7-8-17(13-16)21(20)25(30)31/h7-12,16-17,20-21H,6,13H2,1-5H3,(H,28,29)(H,30,31)/t16-,17-,20+,21-/m0/s1. The van der Waals surface area contributed by atoms with Crippen LogP contribution in [0.15, 0.2) is 36.4 Å². The van der Waals surface area contributed by atoms with Crippen LogP contribution in [0, 0.1) is 30.6 Å². The van der Waals surface area contributed by atoms with Crippen molar-refractivity contribution >= 4 is 34.2 Å². The quantitative estimate of drug-likeness (QED) is 0.410. The molecule has 180 valence electrons. The van der Waals surface area contributed by atoms with E-state index < -0.39 is 23.8 Å². The lowest BCUT2D eigenvalue weighted by Crippen LogP contribution is -2.36. The first-order valence-corrected chi connectivity index (χ1v) is 12.5. The summed E-state index contributed by atoms with van der Waals surface area (Å²) in [7, 11) is 0. The van der Waals surface area contributed by atoms with Gasteiger partial charge in [-0.05, 0) is 48.6 Å². The Hall–Kier alpha value is -2.93. The fraction of sp³-hybridized carbons (Fsp3) is 0.444. The highest BCUT2D eigenvalue weighted by molar-refractivity contribution is 7.17. The zero-order valence-electron chi connectivity index (χ0n) is 20.2. The molecule has 0 saturated heterocycles. The summed E-state index contributed by atoms with van der Waals surface area (Å²) < 4.78 is 5.35. The van der Waals surface area contributed by atoms with Crippen molar-refractivity contribution in [2.24, 2.45) is 23.7 Å². The van der Waals surface area contributed by atoms with E-state index in [2.05, 4.69) is 38.2 Å². The van der Waals surface area contributed by atoms with E-state index in [4.69, 9.17) is 4.74 Å². The molecule has 1 amide bonds. The second-order valence-corrected chi connectivity index (χ2v) is 11.3. The number of hydrogen-bond acceptors (Lipinski definition) is 5. The predicted molar refractivity (Wildman–Crippen MR) is 133 cm³/mol. The molecule has 1 fully saturated rings. The molecule has 4 rings (SSSR count). The molecule has 0 aliphatic heterocycles. The Morgan fingerprint density at radius 3 is 2.26 bits per heavy atom. The molecule has 1 aromatic carbocycles. The van der Waals surface area contributed by atoms with Crippen LogP contribution in [0.3, 0.4) is 0 Å². The van der Waals surface area contributed by atoms with Gasteiger partial charge in [-0.2, -0.15) is 0 Å². The van der Waals surface area contributed by atoms with Crippen molar-refractivity contribution in [1.29, 1.82) is 0 Å². The molecule has 7 heteroatoms. The molecule has 1 aromatic heterocycles. The summed E-state index contributed by atoms with van der Waals surface area (Å²) in [6.07, 6.45) is 4.53. The molecule has 1 heterocycles. The van der Waals surface area contributed by atoms with Crippen LogP contribution >= 0.6 is 11.3 Å². The number of carboxylic acids is 1. The van der Waals surface area contributed by atoms with Gasteiger partial charge in [-0.15, -0.1) is 11.3 Å². The van der Waals surface area contributed by atoms with E-state index in [1.165, 1.54) is 16.9 Å². The summed E-state index contributed by atoms with van der Waals surface area (Å²) in [5, 5.41) is 13.0. The third kappa shape index (κ3) is 4.29. The van der Waals surface area contributed by atoms with Gasteiger partial charge in [0.1, 0.15) is 10.6 Å². The molecule has 2 bridgehead atoms. The number of hydrogen-bond donors (Lipinski definition) is 2. The first-order valence-electron chi connectivity index (χ1n) is 11.7. The van der Waals surface area contributed by atoms with Gasteiger partial charge in [0.2, 0.25) is 5.91 Å². The molecular weight excluding hydrogens is 450 g/mol. The Morgan fingerprint density at radius 2 is 1.71 bits per heavy atom. The van der Waals surface area contributed by atoms with Crippen LogP contribution in [0.1, 0.15) is 54.9 Å². The average molecular weight is 482 g/mol. The smallest absolute Gasteiger partial charge is 0.341 e.